The molecule has 1 aromatic carbocycles. The molecular weight excluding hydrogens is 295 g/mol. The van der Waals surface area contributed by atoms with Crippen molar-refractivity contribution in [1.82, 2.24) is 0 Å². The predicted octanol–water partition coefficient (Wildman–Crippen LogP) is 3.33. The van der Waals surface area contributed by atoms with E-state index in [2.05, 4.69) is 4.74 Å². The van der Waals surface area contributed by atoms with Crippen molar-refractivity contribution in [2.45, 2.75) is 43.7 Å². The van der Waals surface area contributed by atoms with Crippen LogP contribution in [0.5, 0.6) is 5.75 Å². The molecule has 2 unspecified atom stereocenters. The van der Waals surface area contributed by atoms with Crippen LogP contribution in [0.15, 0.2) is 18.2 Å². The number of rotatable bonds is 2. The van der Waals surface area contributed by atoms with Crippen molar-refractivity contribution in [2.75, 3.05) is 0 Å². The number of aliphatic hydroxyl groups is 1. The third kappa shape index (κ3) is 3.77. The Kier molecular flexibility index (Phi) is 4.18. The summed E-state index contributed by atoms with van der Waals surface area (Å²) in [6.07, 6.45) is -3.12. The van der Waals surface area contributed by atoms with E-state index in [0.29, 0.717) is 31.2 Å². The molecule has 0 heterocycles. The number of halogens is 4. The van der Waals surface area contributed by atoms with E-state index in [1.54, 1.807) is 0 Å². The Labute approximate surface area is 119 Å². The van der Waals surface area contributed by atoms with Gasteiger partial charge in [0.1, 0.15) is 5.75 Å². The van der Waals surface area contributed by atoms with E-state index in [1.807, 2.05) is 0 Å². The van der Waals surface area contributed by atoms with E-state index in [1.165, 1.54) is 12.1 Å². The van der Waals surface area contributed by atoms with Crippen LogP contribution in [0.25, 0.3) is 0 Å². The van der Waals surface area contributed by atoms with Gasteiger partial charge in [0.25, 0.3) is 0 Å². The van der Waals surface area contributed by atoms with Crippen molar-refractivity contribution in [3.05, 3.63) is 28.8 Å². The Bertz CT molecular complexity index is 495. The predicted molar refractivity (Wildman–Crippen MR) is 68.5 cm³/mol. The van der Waals surface area contributed by atoms with Crippen LogP contribution in [0.1, 0.15) is 31.2 Å². The molecule has 1 aliphatic carbocycles. The van der Waals surface area contributed by atoms with Crippen LogP contribution in [0.3, 0.4) is 0 Å². The van der Waals surface area contributed by atoms with Crippen LogP contribution in [-0.2, 0) is 5.54 Å². The lowest BCUT2D eigenvalue weighted by molar-refractivity contribution is -0.274. The number of alkyl halides is 3. The van der Waals surface area contributed by atoms with Crippen LogP contribution < -0.4 is 10.5 Å². The van der Waals surface area contributed by atoms with Gasteiger partial charge in [0.2, 0.25) is 0 Å². The van der Waals surface area contributed by atoms with Gasteiger partial charge in [-0.3, -0.25) is 0 Å². The van der Waals surface area contributed by atoms with E-state index in [4.69, 9.17) is 17.3 Å². The molecule has 0 spiro atoms. The molecule has 0 aromatic heterocycles. The van der Waals surface area contributed by atoms with Gasteiger partial charge in [0.15, 0.2) is 0 Å². The average Bonchev–Trinajstić information content (AvgIpc) is 2.25. The zero-order valence-corrected chi connectivity index (χ0v) is 11.3. The van der Waals surface area contributed by atoms with Crippen LogP contribution >= 0.6 is 11.6 Å². The summed E-state index contributed by atoms with van der Waals surface area (Å²) in [7, 11) is 0. The van der Waals surface area contributed by atoms with Crippen molar-refractivity contribution in [2.24, 2.45) is 5.73 Å². The summed E-state index contributed by atoms with van der Waals surface area (Å²) in [4.78, 5) is 0. The van der Waals surface area contributed by atoms with Crippen LogP contribution in [0, 0.1) is 0 Å². The first-order valence-corrected chi connectivity index (χ1v) is 6.59. The molecule has 20 heavy (non-hydrogen) atoms. The first-order valence-electron chi connectivity index (χ1n) is 6.22. The van der Waals surface area contributed by atoms with Crippen molar-refractivity contribution in [1.29, 1.82) is 0 Å². The second kappa shape index (κ2) is 5.42. The van der Waals surface area contributed by atoms with Crippen molar-refractivity contribution >= 4 is 11.6 Å². The molecule has 1 aliphatic rings. The van der Waals surface area contributed by atoms with Crippen molar-refractivity contribution in [3.8, 4) is 5.75 Å². The molecule has 1 saturated carbocycles. The Morgan fingerprint density at radius 3 is 2.65 bits per heavy atom. The number of nitrogens with two attached hydrogens (primary N) is 1. The fraction of sp³-hybridized carbons (Fsp3) is 0.538. The minimum atomic E-state index is -4.78. The van der Waals surface area contributed by atoms with Gasteiger partial charge >= 0.3 is 6.36 Å². The molecule has 1 aromatic rings. The highest BCUT2D eigenvalue weighted by Gasteiger charge is 2.36. The topological polar surface area (TPSA) is 55.5 Å². The number of ether oxygens (including phenoxy) is 1. The Morgan fingerprint density at radius 2 is 2.05 bits per heavy atom. The largest absolute Gasteiger partial charge is 0.573 e. The second-order valence-corrected chi connectivity index (χ2v) is 5.57. The summed E-state index contributed by atoms with van der Waals surface area (Å²) in [6.45, 7) is 0. The van der Waals surface area contributed by atoms with Gasteiger partial charge in [0, 0.05) is 10.6 Å². The quantitative estimate of drug-likeness (QED) is 0.881. The molecular formula is C13H15ClF3NO2. The second-order valence-electron chi connectivity index (χ2n) is 5.13. The summed E-state index contributed by atoms with van der Waals surface area (Å²) in [5.74, 6) is -0.398. The lowest BCUT2D eigenvalue weighted by Gasteiger charge is -2.36. The summed E-state index contributed by atoms with van der Waals surface area (Å²) in [5, 5.41) is 9.82. The maximum atomic E-state index is 12.3. The first-order chi connectivity index (χ1) is 9.18. The molecule has 2 atom stereocenters. The average molecular weight is 310 g/mol. The minimum absolute atomic E-state index is 0.117. The van der Waals surface area contributed by atoms with Crippen molar-refractivity contribution < 1.29 is 23.0 Å². The highest BCUT2D eigenvalue weighted by atomic mass is 35.5. The van der Waals surface area contributed by atoms with Crippen molar-refractivity contribution in [3.63, 3.8) is 0 Å². The summed E-state index contributed by atoms with van der Waals surface area (Å²) >= 11 is 5.83. The van der Waals surface area contributed by atoms with Gasteiger partial charge in [-0.1, -0.05) is 11.6 Å². The van der Waals surface area contributed by atoms with Gasteiger partial charge in [0.05, 0.1) is 6.10 Å². The molecule has 0 radical (unpaired) electrons. The summed E-state index contributed by atoms with van der Waals surface area (Å²) in [5.41, 5.74) is 5.78. The molecule has 1 fully saturated rings. The van der Waals surface area contributed by atoms with E-state index in [-0.39, 0.29) is 5.02 Å². The highest BCUT2D eigenvalue weighted by molar-refractivity contribution is 6.30. The van der Waals surface area contributed by atoms with Gasteiger partial charge in [-0.05, 0) is 49.4 Å². The summed E-state index contributed by atoms with van der Waals surface area (Å²) in [6, 6.07) is 3.83. The SMILES string of the molecule is NC1(c2cc(Cl)cc(OC(F)(F)F)c2)CCCC(O)C1. The normalized spacial score (nSPS) is 27.4. The van der Waals surface area contributed by atoms with Gasteiger partial charge in [-0.15, -0.1) is 13.2 Å². The number of hydrogen-bond donors (Lipinski definition) is 2. The zero-order chi connectivity index (χ0) is 15.0. The lowest BCUT2D eigenvalue weighted by atomic mass is 9.76. The summed E-state index contributed by atoms with van der Waals surface area (Å²) < 4.78 is 40.7. The van der Waals surface area contributed by atoms with E-state index < -0.39 is 23.8 Å². The zero-order valence-electron chi connectivity index (χ0n) is 10.6. The highest BCUT2D eigenvalue weighted by Crippen LogP contribution is 2.38. The van der Waals surface area contributed by atoms with Crippen LogP contribution in [0.4, 0.5) is 13.2 Å². The van der Waals surface area contributed by atoms with Crippen LogP contribution in [-0.4, -0.2) is 17.6 Å². The molecule has 0 saturated heterocycles. The molecule has 2 rings (SSSR count). The minimum Gasteiger partial charge on any atom is -0.406 e. The molecule has 0 bridgehead atoms. The Morgan fingerprint density at radius 1 is 1.35 bits per heavy atom. The molecule has 112 valence electrons. The van der Waals surface area contributed by atoms with E-state index >= 15 is 0 Å². The van der Waals surface area contributed by atoms with Gasteiger partial charge in [-0.25, -0.2) is 0 Å². The molecule has 3 nitrogen and oxygen atoms in total. The van der Waals surface area contributed by atoms with Gasteiger partial charge < -0.3 is 15.6 Å². The third-order valence-corrected chi connectivity index (χ3v) is 3.66. The third-order valence-electron chi connectivity index (χ3n) is 3.44. The smallest absolute Gasteiger partial charge is 0.406 e. The molecule has 3 N–H and O–H groups in total. The molecule has 0 amide bonds. The first kappa shape index (κ1) is 15.4. The Balaban J connectivity index is 2.32. The van der Waals surface area contributed by atoms with E-state index in [9.17, 15) is 18.3 Å². The monoisotopic (exact) mass is 309 g/mol. The van der Waals surface area contributed by atoms with E-state index in [0.717, 1.165) is 6.07 Å². The van der Waals surface area contributed by atoms with Gasteiger partial charge in [-0.2, -0.15) is 0 Å². The molecule has 7 heteroatoms. The fourth-order valence-corrected chi connectivity index (χ4v) is 2.81. The fourth-order valence-electron chi connectivity index (χ4n) is 2.58. The van der Waals surface area contributed by atoms with Crippen LogP contribution in [0.2, 0.25) is 5.02 Å². The maximum absolute atomic E-state index is 12.3. The molecule has 0 aliphatic heterocycles. The number of hydrogen-bond acceptors (Lipinski definition) is 3. The number of aliphatic hydroxyl groups excluding tert-OH is 1. The Hall–Kier alpha value is -0.980. The maximum Gasteiger partial charge on any atom is 0.573 e. The standard InChI is InChI=1S/C13H15ClF3NO2/c14-9-4-8(5-11(6-9)20-13(15,16)17)12(18)3-1-2-10(19)7-12/h4-6,10,19H,1-3,7,18H2. The lowest BCUT2D eigenvalue weighted by Crippen LogP contribution is -2.43. The number of benzene rings is 1.